The van der Waals surface area contributed by atoms with Gasteiger partial charge in [0.1, 0.15) is 5.78 Å². The minimum absolute atomic E-state index is 0.163. The number of nitrogens with zero attached hydrogens (tertiary/aromatic N) is 1. The highest BCUT2D eigenvalue weighted by Gasteiger charge is 2.39. The summed E-state index contributed by atoms with van der Waals surface area (Å²) in [7, 11) is 0. The lowest BCUT2D eigenvalue weighted by molar-refractivity contribution is -0.125. The summed E-state index contributed by atoms with van der Waals surface area (Å²) >= 11 is 0. The normalized spacial score (nSPS) is 26.2. The first kappa shape index (κ1) is 12.2. The molecule has 1 saturated heterocycles. The molecule has 1 aromatic heterocycles. The number of aromatic nitrogens is 1. The largest absolute Gasteiger partial charge is 0.357 e. The molecule has 4 rings (SSSR count). The highest BCUT2D eigenvalue weighted by Crippen LogP contribution is 2.42. The molecule has 0 radical (unpaired) electrons. The zero-order valence-corrected chi connectivity index (χ0v) is 11.9. The molecular formula is C17H20N2O. The summed E-state index contributed by atoms with van der Waals surface area (Å²) in [5.74, 6) is 0.502. The Hall–Kier alpha value is -1.61. The number of H-pyrrole nitrogens is 1. The van der Waals surface area contributed by atoms with Crippen molar-refractivity contribution in [3.05, 3.63) is 35.5 Å². The van der Waals surface area contributed by atoms with Crippen molar-refractivity contribution in [3.8, 4) is 0 Å². The molecule has 20 heavy (non-hydrogen) atoms. The third-order valence-corrected chi connectivity index (χ3v) is 5.05. The number of para-hydroxylation sites is 1. The lowest BCUT2D eigenvalue weighted by Crippen LogP contribution is -2.45. The van der Waals surface area contributed by atoms with Gasteiger partial charge in [-0.25, -0.2) is 0 Å². The van der Waals surface area contributed by atoms with Gasteiger partial charge in [-0.3, -0.25) is 9.69 Å². The molecule has 3 nitrogen and oxygen atoms in total. The molecule has 2 atom stereocenters. The van der Waals surface area contributed by atoms with E-state index in [-0.39, 0.29) is 12.0 Å². The highest BCUT2D eigenvalue weighted by molar-refractivity contribution is 5.86. The summed E-state index contributed by atoms with van der Waals surface area (Å²) in [6.45, 7) is 3.97. The SMILES string of the molecule is CC(=O)[C@@H]1CCCN2CCc3c([nH]c4ccccc34)[C@H]12. The van der Waals surface area contributed by atoms with Crippen molar-refractivity contribution in [1.29, 1.82) is 0 Å². The molecule has 2 aromatic rings. The van der Waals surface area contributed by atoms with Crippen molar-refractivity contribution in [2.75, 3.05) is 13.1 Å². The van der Waals surface area contributed by atoms with Gasteiger partial charge in [-0.1, -0.05) is 18.2 Å². The Kier molecular flexibility index (Phi) is 2.71. The second-order valence-electron chi connectivity index (χ2n) is 6.15. The van der Waals surface area contributed by atoms with Crippen molar-refractivity contribution in [2.45, 2.75) is 32.2 Å². The van der Waals surface area contributed by atoms with E-state index in [0.29, 0.717) is 5.78 Å². The van der Waals surface area contributed by atoms with Crippen molar-refractivity contribution in [3.63, 3.8) is 0 Å². The van der Waals surface area contributed by atoms with Gasteiger partial charge in [0.15, 0.2) is 0 Å². The number of carbonyl (C=O) groups is 1. The topological polar surface area (TPSA) is 36.1 Å². The number of benzene rings is 1. The van der Waals surface area contributed by atoms with Crippen LogP contribution in [0.3, 0.4) is 0 Å². The number of Topliss-reactive ketones (excluding diaryl/α,β-unsaturated/α-hetero) is 1. The van der Waals surface area contributed by atoms with Gasteiger partial charge in [-0.15, -0.1) is 0 Å². The van der Waals surface area contributed by atoms with Gasteiger partial charge in [-0.2, -0.15) is 0 Å². The first-order valence-corrected chi connectivity index (χ1v) is 7.59. The number of carbonyl (C=O) groups excluding carboxylic acids is 1. The quantitative estimate of drug-likeness (QED) is 0.863. The van der Waals surface area contributed by atoms with Crippen molar-refractivity contribution in [1.82, 2.24) is 9.88 Å². The summed E-state index contributed by atoms with van der Waals surface area (Å²) in [5, 5.41) is 1.34. The van der Waals surface area contributed by atoms with Crippen LogP contribution < -0.4 is 0 Å². The molecular weight excluding hydrogens is 248 g/mol. The van der Waals surface area contributed by atoms with E-state index in [1.807, 2.05) is 0 Å². The molecule has 3 heterocycles. The number of ketones is 1. The minimum Gasteiger partial charge on any atom is -0.357 e. The number of hydrogen-bond donors (Lipinski definition) is 1. The summed E-state index contributed by atoms with van der Waals surface area (Å²) in [5.41, 5.74) is 3.96. The average Bonchev–Trinajstić information content (AvgIpc) is 2.85. The predicted molar refractivity (Wildman–Crippen MR) is 79.7 cm³/mol. The van der Waals surface area contributed by atoms with Gasteiger partial charge in [0.05, 0.1) is 6.04 Å². The van der Waals surface area contributed by atoms with Gasteiger partial charge in [0.2, 0.25) is 0 Å². The third-order valence-electron chi connectivity index (χ3n) is 5.05. The maximum Gasteiger partial charge on any atom is 0.134 e. The Labute approximate surface area is 119 Å². The van der Waals surface area contributed by atoms with Crippen LogP contribution in [0.2, 0.25) is 0 Å². The van der Waals surface area contributed by atoms with Gasteiger partial charge >= 0.3 is 0 Å². The number of nitrogens with one attached hydrogen (secondary N) is 1. The Bertz CT molecular complexity index is 673. The van der Waals surface area contributed by atoms with Crippen LogP contribution in [0.5, 0.6) is 0 Å². The van der Waals surface area contributed by atoms with Crippen molar-refractivity contribution >= 4 is 16.7 Å². The smallest absolute Gasteiger partial charge is 0.134 e. The predicted octanol–water partition coefficient (Wildman–Crippen LogP) is 3.07. The van der Waals surface area contributed by atoms with E-state index < -0.39 is 0 Å². The molecule has 1 fully saturated rings. The van der Waals surface area contributed by atoms with Crippen molar-refractivity contribution < 1.29 is 4.79 Å². The molecule has 104 valence electrons. The number of hydrogen-bond acceptors (Lipinski definition) is 2. The van der Waals surface area contributed by atoms with E-state index in [1.165, 1.54) is 22.2 Å². The van der Waals surface area contributed by atoms with Gasteiger partial charge in [0, 0.05) is 29.1 Å². The molecule has 2 aliphatic rings. The Morgan fingerprint density at radius 3 is 3.00 bits per heavy atom. The van der Waals surface area contributed by atoms with Crippen LogP contribution in [0.25, 0.3) is 10.9 Å². The Morgan fingerprint density at radius 1 is 1.30 bits per heavy atom. The maximum atomic E-state index is 12.0. The minimum atomic E-state index is 0.163. The van der Waals surface area contributed by atoms with E-state index >= 15 is 0 Å². The van der Waals surface area contributed by atoms with E-state index in [9.17, 15) is 4.79 Å². The van der Waals surface area contributed by atoms with Gasteiger partial charge in [0.25, 0.3) is 0 Å². The molecule has 0 bridgehead atoms. The second kappa shape index (κ2) is 4.45. The summed E-state index contributed by atoms with van der Waals surface area (Å²) in [6.07, 6.45) is 3.28. The van der Waals surface area contributed by atoms with E-state index in [4.69, 9.17) is 0 Å². The van der Waals surface area contributed by atoms with Crippen LogP contribution >= 0.6 is 0 Å². The lowest BCUT2D eigenvalue weighted by Gasteiger charge is -2.43. The summed E-state index contributed by atoms with van der Waals surface area (Å²) in [4.78, 5) is 18.2. The third kappa shape index (κ3) is 1.66. The standard InChI is InChI=1S/C17H20N2O/c1-11(20)12-6-4-9-19-10-8-14-13-5-2-3-7-15(13)18-16(14)17(12)19/h2-3,5,7,12,17-18H,4,6,8-10H2,1H3/t12-,17-/m0/s1. The second-order valence-corrected chi connectivity index (χ2v) is 6.15. The monoisotopic (exact) mass is 268 g/mol. The molecule has 1 aromatic carbocycles. The van der Waals surface area contributed by atoms with Crippen LogP contribution in [-0.4, -0.2) is 28.8 Å². The van der Waals surface area contributed by atoms with Crippen LogP contribution in [0.15, 0.2) is 24.3 Å². The number of aromatic amines is 1. The number of fused-ring (bicyclic) bond motifs is 5. The molecule has 3 heteroatoms. The van der Waals surface area contributed by atoms with Gasteiger partial charge in [-0.05, 0) is 44.4 Å². The van der Waals surface area contributed by atoms with E-state index in [2.05, 4.69) is 34.1 Å². The van der Waals surface area contributed by atoms with Gasteiger partial charge < -0.3 is 4.98 Å². The first-order chi connectivity index (χ1) is 9.75. The maximum absolute atomic E-state index is 12.0. The Balaban J connectivity index is 1.88. The van der Waals surface area contributed by atoms with Crippen LogP contribution in [-0.2, 0) is 11.2 Å². The summed E-state index contributed by atoms with van der Waals surface area (Å²) < 4.78 is 0. The number of rotatable bonds is 1. The number of piperidine rings is 1. The summed E-state index contributed by atoms with van der Waals surface area (Å²) in [6, 6.07) is 8.80. The molecule has 2 aliphatic heterocycles. The molecule has 0 aliphatic carbocycles. The Morgan fingerprint density at radius 2 is 2.15 bits per heavy atom. The zero-order chi connectivity index (χ0) is 13.7. The molecule has 0 unspecified atom stereocenters. The fourth-order valence-electron chi connectivity index (χ4n) is 4.12. The average molecular weight is 268 g/mol. The van der Waals surface area contributed by atoms with E-state index in [0.717, 1.165) is 32.4 Å². The molecule has 0 amide bonds. The van der Waals surface area contributed by atoms with Crippen LogP contribution in [0.1, 0.15) is 37.1 Å². The fraction of sp³-hybridized carbons (Fsp3) is 0.471. The lowest BCUT2D eigenvalue weighted by atomic mass is 9.80. The zero-order valence-electron chi connectivity index (χ0n) is 11.9. The van der Waals surface area contributed by atoms with E-state index in [1.54, 1.807) is 6.92 Å². The fourth-order valence-corrected chi connectivity index (χ4v) is 4.12. The molecule has 0 spiro atoms. The highest BCUT2D eigenvalue weighted by atomic mass is 16.1. The van der Waals surface area contributed by atoms with Crippen molar-refractivity contribution in [2.24, 2.45) is 5.92 Å². The molecule has 0 saturated carbocycles. The van der Waals surface area contributed by atoms with Crippen LogP contribution in [0, 0.1) is 5.92 Å². The van der Waals surface area contributed by atoms with Crippen LogP contribution in [0.4, 0.5) is 0 Å². The molecule has 1 N–H and O–H groups in total. The first-order valence-electron chi connectivity index (χ1n) is 7.59.